The number of hydrogen-bond acceptors (Lipinski definition) is 5. The monoisotopic (exact) mass is 446 g/mol. The van der Waals surface area contributed by atoms with Gasteiger partial charge < -0.3 is 14.7 Å². The minimum Gasteiger partial charge on any atom is -0.480 e. The molecule has 2 heterocycles. The Hall–Kier alpha value is -4.14. The molecule has 33 heavy (non-hydrogen) atoms. The number of aliphatic carboxylic acids is 1. The van der Waals surface area contributed by atoms with Crippen molar-refractivity contribution in [3.63, 3.8) is 0 Å². The lowest BCUT2D eigenvalue weighted by molar-refractivity contribution is -0.146. The number of aryl methyl sites for hydroxylation is 1. The third-order valence-electron chi connectivity index (χ3n) is 6.24. The predicted molar refractivity (Wildman–Crippen MR) is 119 cm³/mol. The van der Waals surface area contributed by atoms with Gasteiger partial charge in [-0.2, -0.15) is 5.10 Å². The zero-order valence-corrected chi connectivity index (χ0v) is 17.9. The first-order valence-corrected chi connectivity index (χ1v) is 10.6. The first kappa shape index (κ1) is 20.7. The maximum Gasteiger partial charge on any atom is 0.412 e. The number of aromatic nitrogens is 2. The van der Waals surface area contributed by atoms with E-state index in [1.165, 1.54) is 15.6 Å². The molecule has 2 aromatic carbocycles. The Bertz CT molecular complexity index is 1220. The van der Waals surface area contributed by atoms with Crippen LogP contribution in [-0.2, 0) is 16.6 Å². The SMILES string of the molecule is Cn1nc(NC(=O)OCC2c3ccccc3-c3ccccc32)cc1C(=O)N1CCC1C(=O)O. The number of nitrogens with zero attached hydrogens (tertiary/aromatic N) is 3. The zero-order valence-electron chi connectivity index (χ0n) is 17.9. The number of ether oxygens (including phenoxy) is 1. The van der Waals surface area contributed by atoms with Crippen LogP contribution in [0.4, 0.5) is 10.6 Å². The van der Waals surface area contributed by atoms with E-state index in [9.17, 15) is 19.5 Å². The lowest BCUT2D eigenvalue weighted by atomic mass is 9.98. The summed E-state index contributed by atoms with van der Waals surface area (Å²) in [5.74, 6) is -1.38. The van der Waals surface area contributed by atoms with Crippen LogP contribution in [0.15, 0.2) is 54.6 Å². The molecular weight excluding hydrogens is 424 g/mol. The van der Waals surface area contributed by atoms with Gasteiger partial charge in [0, 0.05) is 25.6 Å². The fourth-order valence-electron chi connectivity index (χ4n) is 4.50. The Morgan fingerprint density at radius 3 is 2.30 bits per heavy atom. The average Bonchev–Trinajstić information content (AvgIpc) is 3.28. The van der Waals surface area contributed by atoms with Crippen LogP contribution >= 0.6 is 0 Å². The second kappa shape index (κ2) is 8.09. The van der Waals surface area contributed by atoms with Gasteiger partial charge in [0.1, 0.15) is 18.3 Å². The van der Waals surface area contributed by atoms with E-state index in [4.69, 9.17) is 4.74 Å². The van der Waals surface area contributed by atoms with Crippen LogP contribution in [0.5, 0.6) is 0 Å². The van der Waals surface area contributed by atoms with Crippen LogP contribution in [0.1, 0.15) is 34.0 Å². The number of carboxylic acid groups (broad SMARTS) is 1. The number of carbonyl (C=O) groups excluding carboxylic acids is 2. The molecule has 1 saturated heterocycles. The van der Waals surface area contributed by atoms with Gasteiger partial charge in [0.15, 0.2) is 5.82 Å². The number of amides is 2. The highest BCUT2D eigenvalue weighted by atomic mass is 16.5. The summed E-state index contributed by atoms with van der Waals surface area (Å²) >= 11 is 0. The lowest BCUT2D eigenvalue weighted by Crippen LogP contribution is -2.55. The van der Waals surface area contributed by atoms with Crippen molar-refractivity contribution in [2.75, 3.05) is 18.5 Å². The van der Waals surface area contributed by atoms with Crippen LogP contribution in [0.2, 0.25) is 0 Å². The van der Waals surface area contributed by atoms with E-state index in [0.717, 1.165) is 22.3 Å². The summed E-state index contributed by atoms with van der Waals surface area (Å²) < 4.78 is 6.83. The van der Waals surface area contributed by atoms with Crippen LogP contribution in [-0.4, -0.2) is 57.0 Å². The van der Waals surface area contributed by atoms with E-state index in [2.05, 4.69) is 22.5 Å². The molecule has 1 unspecified atom stereocenters. The molecule has 2 N–H and O–H groups in total. The standard InChI is InChI=1S/C24H22N4O5/c1-27-20(22(29)28-11-10-19(28)23(30)31)12-21(26-27)25-24(32)33-13-18-16-8-4-2-6-14(16)15-7-3-5-9-17(15)18/h2-9,12,18-19H,10-11,13H2,1H3,(H,30,31)(H,25,26,32). The van der Waals surface area contributed by atoms with E-state index in [1.54, 1.807) is 7.05 Å². The minimum atomic E-state index is -1.03. The van der Waals surface area contributed by atoms with Gasteiger partial charge in [-0.15, -0.1) is 0 Å². The molecule has 1 fully saturated rings. The minimum absolute atomic E-state index is 0.0663. The van der Waals surface area contributed by atoms with Crippen molar-refractivity contribution in [2.45, 2.75) is 18.4 Å². The van der Waals surface area contributed by atoms with Gasteiger partial charge in [-0.1, -0.05) is 48.5 Å². The third-order valence-corrected chi connectivity index (χ3v) is 6.24. The van der Waals surface area contributed by atoms with Gasteiger partial charge in [0.25, 0.3) is 5.91 Å². The van der Waals surface area contributed by atoms with Crippen LogP contribution in [0.25, 0.3) is 11.1 Å². The summed E-state index contributed by atoms with van der Waals surface area (Å²) in [7, 11) is 1.56. The summed E-state index contributed by atoms with van der Waals surface area (Å²) in [6, 6.07) is 16.7. The Morgan fingerprint density at radius 1 is 1.09 bits per heavy atom. The largest absolute Gasteiger partial charge is 0.480 e. The van der Waals surface area contributed by atoms with Gasteiger partial charge in [0.05, 0.1) is 0 Å². The van der Waals surface area contributed by atoms with Gasteiger partial charge in [-0.05, 0) is 28.7 Å². The quantitative estimate of drug-likeness (QED) is 0.623. The maximum absolute atomic E-state index is 12.7. The number of carbonyl (C=O) groups is 3. The predicted octanol–water partition coefficient (Wildman–Crippen LogP) is 3.08. The van der Waals surface area contributed by atoms with E-state index in [1.807, 2.05) is 36.4 Å². The second-order valence-corrected chi connectivity index (χ2v) is 8.13. The molecule has 3 aromatic rings. The van der Waals surface area contributed by atoms with Gasteiger partial charge in [0.2, 0.25) is 0 Å². The molecule has 2 amide bonds. The molecular formula is C24H22N4O5. The fourth-order valence-corrected chi connectivity index (χ4v) is 4.50. The number of hydrogen-bond donors (Lipinski definition) is 2. The fraction of sp³-hybridized carbons (Fsp3) is 0.250. The summed E-state index contributed by atoms with van der Waals surface area (Å²) in [6.07, 6.45) is -0.259. The third kappa shape index (κ3) is 3.61. The molecule has 5 rings (SSSR count). The average molecular weight is 446 g/mol. The Morgan fingerprint density at radius 2 is 1.73 bits per heavy atom. The van der Waals surface area contributed by atoms with Gasteiger partial charge >= 0.3 is 12.1 Å². The number of fused-ring (bicyclic) bond motifs is 3. The van der Waals surface area contributed by atoms with Crippen molar-refractivity contribution in [1.29, 1.82) is 0 Å². The number of likely N-dealkylation sites (tertiary alicyclic amines) is 1. The number of carboxylic acids is 1. The maximum atomic E-state index is 12.7. The van der Waals surface area contributed by atoms with Crippen molar-refractivity contribution < 1.29 is 24.2 Å². The topological polar surface area (TPSA) is 114 Å². The summed E-state index contributed by atoms with van der Waals surface area (Å²) in [6.45, 7) is 0.530. The van der Waals surface area contributed by atoms with Crippen molar-refractivity contribution in [1.82, 2.24) is 14.7 Å². The van der Waals surface area contributed by atoms with Crippen molar-refractivity contribution in [3.8, 4) is 11.1 Å². The summed E-state index contributed by atoms with van der Waals surface area (Å²) in [5.41, 5.74) is 4.69. The molecule has 2 aliphatic rings. The molecule has 1 aliphatic heterocycles. The van der Waals surface area contributed by atoms with Crippen molar-refractivity contribution in [3.05, 3.63) is 71.4 Å². The number of benzene rings is 2. The van der Waals surface area contributed by atoms with Crippen LogP contribution in [0, 0.1) is 0 Å². The highest BCUT2D eigenvalue weighted by Gasteiger charge is 2.39. The van der Waals surface area contributed by atoms with Gasteiger partial charge in [-0.25, -0.2) is 9.59 Å². The second-order valence-electron chi connectivity index (χ2n) is 8.13. The lowest BCUT2D eigenvalue weighted by Gasteiger charge is -2.37. The highest BCUT2D eigenvalue weighted by molar-refractivity contribution is 5.97. The van der Waals surface area contributed by atoms with Gasteiger partial charge in [-0.3, -0.25) is 14.8 Å². The van der Waals surface area contributed by atoms with E-state index >= 15 is 0 Å². The summed E-state index contributed by atoms with van der Waals surface area (Å²) in [4.78, 5) is 37.6. The van der Waals surface area contributed by atoms with E-state index < -0.39 is 24.0 Å². The summed E-state index contributed by atoms with van der Waals surface area (Å²) in [5, 5.41) is 15.9. The molecule has 1 aliphatic carbocycles. The van der Waals surface area contributed by atoms with Crippen molar-refractivity contribution >= 4 is 23.8 Å². The van der Waals surface area contributed by atoms with Crippen LogP contribution in [0.3, 0.4) is 0 Å². The molecule has 1 atom stereocenters. The van der Waals surface area contributed by atoms with E-state index in [0.29, 0.717) is 13.0 Å². The van der Waals surface area contributed by atoms with Crippen molar-refractivity contribution in [2.24, 2.45) is 7.05 Å². The normalized spacial score (nSPS) is 16.5. The smallest absolute Gasteiger partial charge is 0.412 e. The van der Waals surface area contributed by atoms with E-state index in [-0.39, 0.29) is 24.0 Å². The number of anilines is 1. The molecule has 0 bridgehead atoms. The molecule has 0 saturated carbocycles. The Labute approximate surface area is 189 Å². The Kier molecular flexibility index (Phi) is 5.08. The van der Waals surface area contributed by atoms with Crippen LogP contribution < -0.4 is 5.32 Å². The Balaban J connectivity index is 1.25. The number of nitrogens with one attached hydrogen (secondary N) is 1. The molecule has 0 radical (unpaired) electrons. The zero-order chi connectivity index (χ0) is 23.1. The molecule has 168 valence electrons. The first-order chi connectivity index (χ1) is 15.9. The highest BCUT2D eigenvalue weighted by Crippen LogP contribution is 2.44. The molecule has 0 spiro atoms. The molecule has 9 heteroatoms. The number of rotatable bonds is 5. The molecule has 1 aromatic heterocycles. The first-order valence-electron chi connectivity index (χ1n) is 10.6. The molecule has 9 nitrogen and oxygen atoms in total.